The fourth-order valence-corrected chi connectivity index (χ4v) is 5.59. The maximum atomic E-state index is 13.0. The maximum absolute atomic E-state index is 13.0. The van der Waals surface area contributed by atoms with E-state index in [4.69, 9.17) is 4.74 Å². The van der Waals surface area contributed by atoms with Gasteiger partial charge in [0.05, 0.1) is 24.0 Å². The summed E-state index contributed by atoms with van der Waals surface area (Å²) in [6.45, 7) is 2.67. The largest absolute Gasteiger partial charge is 0.376 e. The predicted molar refractivity (Wildman–Crippen MR) is 97.3 cm³/mol. The smallest absolute Gasteiger partial charge is 0.263 e. The molecule has 5 rings (SSSR count). The third kappa shape index (κ3) is 2.57. The Bertz CT molecular complexity index is 779. The van der Waals surface area contributed by atoms with Crippen molar-refractivity contribution in [3.8, 4) is 10.4 Å². The van der Waals surface area contributed by atoms with E-state index in [0.717, 1.165) is 61.5 Å². The summed E-state index contributed by atoms with van der Waals surface area (Å²) in [5.41, 5.74) is 3.55. The highest BCUT2D eigenvalue weighted by atomic mass is 32.1. The summed E-state index contributed by atoms with van der Waals surface area (Å²) in [5.74, 6) is 0.0552. The van der Waals surface area contributed by atoms with Gasteiger partial charge in [-0.2, -0.15) is 5.10 Å². The standard InChI is InChI=1S/C18H22N4O2S/c23-18-17-15-12(16(25-17)11-8-19-20-9-11)4-3-6-22(15)10-13(21-18)14-5-1-2-7-24-14/h8-9,13-14H,1-7,10H2,(H,19,20)(H,21,23). The normalized spacial score (nSPS) is 26.1. The van der Waals surface area contributed by atoms with E-state index in [-0.39, 0.29) is 18.1 Å². The van der Waals surface area contributed by atoms with Crippen molar-refractivity contribution < 1.29 is 9.53 Å². The van der Waals surface area contributed by atoms with Crippen LogP contribution in [-0.4, -0.2) is 47.9 Å². The van der Waals surface area contributed by atoms with Crippen molar-refractivity contribution in [2.24, 2.45) is 0 Å². The number of amides is 1. The molecule has 2 unspecified atom stereocenters. The molecule has 0 spiro atoms. The van der Waals surface area contributed by atoms with Crippen molar-refractivity contribution >= 4 is 22.9 Å². The highest BCUT2D eigenvalue weighted by Crippen LogP contribution is 2.45. The summed E-state index contributed by atoms with van der Waals surface area (Å²) in [4.78, 5) is 17.4. The maximum Gasteiger partial charge on any atom is 0.263 e. The summed E-state index contributed by atoms with van der Waals surface area (Å²) < 4.78 is 5.97. The Morgan fingerprint density at radius 1 is 1.28 bits per heavy atom. The first kappa shape index (κ1) is 15.4. The van der Waals surface area contributed by atoms with Gasteiger partial charge in [-0.05, 0) is 37.7 Å². The molecule has 0 saturated carbocycles. The van der Waals surface area contributed by atoms with Gasteiger partial charge < -0.3 is 15.0 Å². The number of aromatic amines is 1. The Morgan fingerprint density at radius 3 is 3.04 bits per heavy atom. The molecule has 2 atom stereocenters. The molecule has 25 heavy (non-hydrogen) atoms. The third-order valence-electron chi connectivity index (χ3n) is 5.51. The fraction of sp³-hybridized carbons (Fsp3) is 0.556. The van der Waals surface area contributed by atoms with Crippen LogP contribution in [0.15, 0.2) is 12.4 Å². The van der Waals surface area contributed by atoms with Crippen LogP contribution in [0.1, 0.15) is 40.9 Å². The number of nitrogens with zero attached hydrogens (tertiary/aromatic N) is 2. The summed E-state index contributed by atoms with van der Waals surface area (Å²) in [6.07, 6.45) is 9.42. The molecular weight excluding hydrogens is 336 g/mol. The molecule has 132 valence electrons. The molecule has 0 radical (unpaired) electrons. The Hall–Kier alpha value is -1.86. The van der Waals surface area contributed by atoms with Crippen LogP contribution in [0.3, 0.4) is 0 Å². The van der Waals surface area contributed by atoms with Gasteiger partial charge in [-0.25, -0.2) is 0 Å². The van der Waals surface area contributed by atoms with Gasteiger partial charge in [0.1, 0.15) is 4.88 Å². The lowest BCUT2D eigenvalue weighted by Crippen LogP contribution is -2.50. The van der Waals surface area contributed by atoms with E-state index in [1.165, 1.54) is 16.9 Å². The van der Waals surface area contributed by atoms with Gasteiger partial charge in [-0.1, -0.05) is 0 Å². The first-order valence-corrected chi connectivity index (χ1v) is 9.95. The molecule has 2 N–H and O–H groups in total. The molecule has 1 amide bonds. The zero-order valence-corrected chi connectivity index (χ0v) is 14.9. The fourth-order valence-electron chi connectivity index (χ4n) is 4.34. The second kappa shape index (κ2) is 6.14. The second-order valence-electron chi connectivity index (χ2n) is 7.11. The highest BCUT2D eigenvalue weighted by molar-refractivity contribution is 7.18. The van der Waals surface area contributed by atoms with Crippen molar-refractivity contribution in [1.29, 1.82) is 0 Å². The number of hydrogen-bond donors (Lipinski definition) is 2. The monoisotopic (exact) mass is 358 g/mol. The molecule has 3 aliphatic rings. The zero-order valence-electron chi connectivity index (χ0n) is 14.1. The minimum atomic E-state index is 0.0552. The van der Waals surface area contributed by atoms with E-state index in [0.29, 0.717) is 0 Å². The van der Waals surface area contributed by atoms with Gasteiger partial charge in [0.2, 0.25) is 0 Å². The molecule has 0 bridgehead atoms. The highest BCUT2D eigenvalue weighted by Gasteiger charge is 2.37. The van der Waals surface area contributed by atoms with Crippen LogP contribution in [0.5, 0.6) is 0 Å². The second-order valence-corrected chi connectivity index (χ2v) is 8.13. The number of nitrogens with one attached hydrogen (secondary N) is 2. The number of thiophene rings is 1. The molecule has 3 aliphatic heterocycles. The van der Waals surface area contributed by atoms with Gasteiger partial charge in [-0.15, -0.1) is 11.3 Å². The quantitative estimate of drug-likeness (QED) is 0.866. The summed E-state index contributed by atoms with van der Waals surface area (Å²) in [5, 5.41) is 10.2. The molecule has 0 aromatic carbocycles. The third-order valence-corrected chi connectivity index (χ3v) is 6.78. The van der Waals surface area contributed by atoms with E-state index in [1.54, 1.807) is 11.3 Å². The Morgan fingerprint density at radius 2 is 2.24 bits per heavy atom. The lowest BCUT2D eigenvalue weighted by atomic mass is 9.98. The molecule has 1 saturated heterocycles. The van der Waals surface area contributed by atoms with Crippen molar-refractivity contribution in [2.75, 3.05) is 24.6 Å². The number of carbonyl (C=O) groups excluding carboxylic acids is 1. The molecule has 6 nitrogen and oxygen atoms in total. The molecule has 0 aliphatic carbocycles. The first-order valence-electron chi connectivity index (χ1n) is 9.13. The first-order chi connectivity index (χ1) is 12.3. The molecule has 7 heteroatoms. The van der Waals surface area contributed by atoms with Crippen LogP contribution in [-0.2, 0) is 11.2 Å². The topological polar surface area (TPSA) is 70.2 Å². The molecular formula is C18H22N4O2S. The summed E-state index contributed by atoms with van der Waals surface area (Å²) in [7, 11) is 0. The Kier molecular flexibility index (Phi) is 3.78. The summed E-state index contributed by atoms with van der Waals surface area (Å²) in [6, 6.07) is 0.0794. The van der Waals surface area contributed by atoms with Gasteiger partial charge >= 0.3 is 0 Å². The van der Waals surface area contributed by atoms with E-state index in [2.05, 4.69) is 20.4 Å². The lowest BCUT2D eigenvalue weighted by molar-refractivity contribution is -0.00489. The SMILES string of the molecule is O=C1NC(C2CCCCO2)CN2CCCc3c(-c4cn[nH]c4)sc1c32. The molecule has 2 aromatic heterocycles. The zero-order chi connectivity index (χ0) is 16.8. The number of carbonyl (C=O) groups is 1. The minimum absolute atomic E-state index is 0.0552. The number of rotatable bonds is 2. The lowest BCUT2D eigenvalue weighted by Gasteiger charge is -2.35. The van der Waals surface area contributed by atoms with Crippen LogP contribution in [0.25, 0.3) is 10.4 Å². The Balaban J connectivity index is 1.53. The van der Waals surface area contributed by atoms with Crippen LogP contribution >= 0.6 is 11.3 Å². The molecule has 5 heterocycles. The minimum Gasteiger partial charge on any atom is -0.376 e. The van der Waals surface area contributed by atoms with Crippen molar-refractivity contribution in [1.82, 2.24) is 15.5 Å². The van der Waals surface area contributed by atoms with Crippen LogP contribution in [0.2, 0.25) is 0 Å². The average molecular weight is 358 g/mol. The van der Waals surface area contributed by atoms with Crippen molar-refractivity contribution in [2.45, 2.75) is 44.2 Å². The molecule has 1 fully saturated rings. The summed E-state index contributed by atoms with van der Waals surface area (Å²) >= 11 is 1.60. The number of aromatic nitrogens is 2. The van der Waals surface area contributed by atoms with Gasteiger partial charge in [-0.3, -0.25) is 9.89 Å². The van der Waals surface area contributed by atoms with Gasteiger partial charge in [0.25, 0.3) is 5.91 Å². The van der Waals surface area contributed by atoms with Crippen LogP contribution in [0, 0.1) is 0 Å². The number of hydrogen-bond acceptors (Lipinski definition) is 5. The predicted octanol–water partition coefficient (Wildman–Crippen LogP) is 2.57. The molecule has 2 aromatic rings. The van der Waals surface area contributed by atoms with Crippen molar-refractivity contribution in [3.05, 3.63) is 22.8 Å². The number of ether oxygens (including phenoxy) is 1. The van der Waals surface area contributed by atoms with E-state index in [1.807, 2.05) is 12.4 Å². The van der Waals surface area contributed by atoms with Gasteiger partial charge in [0.15, 0.2) is 0 Å². The number of anilines is 1. The van der Waals surface area contributed by atoms with Crippen LogP contribution < -0.4 is 10.2 Å². The van der Waals surface area contributed by atoms with E-state index < -0.39 is 0 Å². The van der Waals surface area contributed by atoms with Crippen LogP contribution in [0.4, 0.5) is 5.69 Å². The Labute approximate surface area is 150 Å². The van der Waals surface area contributed by atoms with Gasteiger partial charge in [0, 0.05) is 36.3 Å². The van der Waals surface area contributed by atoms with E-state index in [9.17, 15) is 4.79 Å². The van der Waals surface area contributed by atoms with Crippen molar-refractivity contribution in [3.63, 3.8) is 0 Å². The van der Waals surface area contributed by atoms with E-state index >= 15 is 0 Å². The average Bonchev–Trinajstić information content (AvgIpc) is 3.26. The number of H-pyrrole nitrogens is 1.